The van der Waals surface area contributed by atoms with Crippen LogP contribution in [0.2, 0.25) is 0 Å². The number of nitrogens with zero attached hydrogens (tertiary/aromatic N) is 6. The van der Waals surface area contributed by atoms with E-state index in [0.717, 1.165) is 88.9 Å². The Kier molecular flexibility index (Phi) is 11.1. The molecule has 15 heteroatoms. The van der Waals surface area contributed by atoms with Crippen LogP contribution < -0.4 is 21.5 Å². The molecule has 3 aromatic heterocycles. The average molecular weight is 633 g/mol. The lowest BCUT2D eigenvalue weighted by atomic mass is 10.0. The van der Waals surface area contributed by atoms with Gasteiger partial charge in [-0.1, -0.05) is 12.8 Å². The SMILES string of the molecule is CC(=O)c1c(C)c2cnc(Nc3ccc(N4CCN(CCCCN)CC4)cn3)nc2n(C2CCCC2)c1=O.O=C(O)C(F)(F)F. The number of Topliss-reactive ketones (excluding diaryl/α,β-unsaturated/α-hetero) is 1. The highest BCUT2D eigenvalue weighted by Gasteiger charge is 2.38. The maximum Gasteiger partial charge on any atom is 0.490 e. The first-order chi connectivity index (χ1) is 21.4. The molecule has 45 heavy (non-hydrogen) atoms. The zero-order valence-corrected chi connectivity index (χ0v) is 25.4. The summed E-state index contributed by atoms with van der Waals surface area (Å²) in [5.41, 5.74) is 7.91. The minimum Gasteiger partial charge on any atom is -0.475 e. The second-order valence-corrected chi connectivity index (χ2v) is 11.3. The van der Waals surface area contributed by atoms with Crippen LogP contribution in [0.3, 0.4) is 0 Å². The largest absolute Gasteiger partial charge is 0.490 e. The van der Waals surface area contributed by atoms with Crippen molar-refractivity contribution < 1.29 is 27.9 Å². The highest BCUT2D eigenvalue weighted by Crippen LogP contribution is 2.32. The van der Waals surface area contributed by atoms with Crippen LogP contribution in [0, 0.1) is 6.92 Å². The van der Waals surface area contributed by atoms with Gasteiger partial charge in [-0.3, -0.25) is 19.1 Å². The number of hydrogen-bond acceptors (Lipinski definition) is 10. The van der Waals surface area contributed by atoms with Crippen molar-refractivity contribution in [2.75, 3.05) is 49.5 Å². The zero-order valence-electron chi connectivity index (χ0n) is 25.4. The second kappa shape index (κ2) is 14.8. The van der Waals surface area contributed by atoms with Gasteiger partial charge < -0.3 is 21.1 Å². The summed E-state index contributed by atoms with van der Waals surface area (Å²) in [5.74, 6) is -1.96. The number of carboxylic acid groups (broad SMARTS) is 1. The molecule has 0 atom stereocenters. The minimum atomic E-state index is -5.08. The third-order valence-corrected chi connectivity index (χ3v) is 8.15. The van der Waals surface area contributed by atoms with Crippen LogP contribution >= 0.6 is 0 Å². The minimum absolute atomic E-state index is 0.0463. The number of nitrogens with one attached hydrogen (secondary N) is 1. The fraction of sp³-hybridized carbons (Fsp3) is 0.533. The molecule has 0 radical (unpaired) electrons. The molecule has 0 aromatic carbocycles. The van der Waals surface area contributed by atoms with Gasteiger partial charge in [-0.25, -0.2) is 14.8 Å². The quantitative estimate of drug-likeness (QED) is 0.231. The third-order valence-electron chi connectivity index (χ3n) is 8.15. The summed E-state index contributed by atoms with van der Waals surface area (Å²) in [6.07, 6.45) is 4.69. The number of aryl methyl sites for hydroxylation is 1. The number of rotatable bonds is 9. The Hall–Kier alpha value is -4.11. The van der Waals surface area contributed by atoms with Crippen molar-refractivity contribution in [2.45, 2.75) is 64.6 Å². The zero-order chi connectivity index (χ0) is 32.7. The highest BCUT2D eigenvalue weighted by molar-refractivity contribution is 5.99. The number of aromatic nitrogens is 4. The van der Waals surface area contributed by atoms with Crippen LogP contribution in [0.5, 0.6) is 0 Å². The number of carbonyl (C=O) groups is 2. The lowest BCUT2D eigenvalue weighted by Crippen LogP contribution is -2.46. The number of halogens is 3. The van der Waals surface area contributed by atoms with Crippen molar-refractivity contribution in [2.24, 2.45) is 5.73 Å². The highest BCUT2D eigenvalue weighted by atomic mass is 19.4. The Labute approximate surface area is 258 Å². The molecule has 0 bridgehead atoms. The lowest BCUT2D eigenvalue weighted by Gasteiger charge is -2.36. The van der Waals surface area contributed by atoms with E-state index in [0.29, 0.717) is 23.0 Å². The summed E-state index contributed by atoms with van der Waals surface area (Å²) >= 11 is 0. The predicted octanol–water partition coefficient (Wildman–Crippen LogP) is 4.05. The summed E-state index contributed by atoms with van der Waals surface area (Å²) in [5, 5.41) is 11.1. The summed E-state index contributed by atoms with van der Waals surface area (Å²) in [6.45, 7) is 9.17. The number of unbranched alkanes of at least 4 members (excludes halogenated alkanes) is 1. The van der Waals surface area contributed by atoms with E-state index in [1.807, 2.05) is 12.3 Å². The number of hydrogen-bond donors (Lipinski definition) is 3. The van der Waals surface area contributed by atoms with Gasteiger partial charge in [0.05, 0.1) is 17.4 Å². The molecular formula is C30H39F3N8O4. The molecule has 5 rings (SSSR count). The Balaban J connectivity index is 0.000000591. The molecule has 2 fully saturated rings. The predicted molar refractivity (Wildman–Crippen MR) is 164 cm³/mol. The molecule has 4 N–H and O–H groups in total. The van der Waals surface area contributed by atoms with Crippen molar-refractivity contribution >= 4 is 40.2 Å². The van der Waals surface area contributed by atoms with Gasteiger partial charge in [0.15, 0.2) is 5.78 Å². The molecule has 3 aromatic rings. The van der Waals surface area contributed by atoms with E-state index < -0.39 is 12.1 Å². The fourth-order valence-electron chi connectivity index (χ4n) is 5.78. The number of piperazine rings is 1. The van der Waals surface area contributed by atoms with E-state index in [2.05, 4.69) is 31.2 Å². The first kappa shape index (κ1) is 33.8. The van der Waals surface area contributed by atoms with Crippen molar-refractivity contribution in [3.05, 3.63) is 46.0 Å². The number of carboxylic acids is 1. The van der Waals surface area contributed by atoms with E-state index in [1.165, 1.54) is 6.92 Å². The molecule has 1 saturated heterocycles. The van der Waals surface area contributed by atoms with Gasteiger partial charge in [0, 0.05) is 43.8 Å². The Morgan fingerprint density at radius 3 is 2.29 bits per heavy atom. The first-order valence-corrected chi connectivity index (χ1v) is 15.0. The van der Waals surface area contributed by atoms with E-state index >= 15 is 0 Å². The number of nitrogens with two attached hydrogens (primary N) is 1. The summed E-state index contributed by atoms with van der Waals surface area (Å²) < 4.78 is 33.5. The third kappa shape index (κ3) is 8.34. The van der Waals surface area contributed by atoms with Gasteiger partial charge in [-0.2, -0.15) is 18.2 Å². The summed E-state index contributed by atoms with van der Waals surface area (Å²) in [4.78, 5) is 53.4. The topological polar surface area (TPSA) is 160 Å². The van der Waals surface area contributed by atoms with Gasteiger partial charge in [0.25, 0.3) is 5.56 Å². The van der Waals surface area contributed by atoms with Crippen LogP contribution in [0.4, 0.5) is 30.6 Å². The van der Waals surface area contributed by atoms with Gasteiger partial charge in [-0.05, 0) is 70.3 Å². The fourth-order valence-corrected chi connectivity index (χ4v) is 5.78. The molecule has 2 aliphatic rings. The number of aliphatic carboxylic acids is 1. The van der Waals surface area contributed by atoms with Crippen LogP contribution in [-0.4, -0.2) is 86.7 Å². The summed E-state index contributed by atoms with van der Waals surface area (Å²) in [7, 11) is 0. The Bertz CT molecular complexity index is 1550. The molecule has 0 spiro atoms. The second-order valence-electron chi connectivity index (χ2n) is 11.3. The van der Waals surface area contributed by atoms with Crippen molar-refractivity contribution in [3.63, 3.8) is 0 Å². The molecule has 1 saturated carbocycles. The number of alkyl halides is 3. The number of ketones is 1. The Morgan fingerprint density at radius 1 is 1.07 bits per heavy atom. The van der Waals surface area contributed by atoms with E-state index in [4.69, 9.17) is 20.6 Å². The normalized spacial score (nSPS) is 16.0. The number of anilines is 3. The lowest BCUT2D eigenvalue weighted by molar-refractivity contribution is -0.192. The number of carbonyl (C=O) groups excluding carboxylic acids is 1. The van der Waals surface area contributed by atoms with Crippen LogP contribution in [0.15, 0.2) is 29.3 Å². The molecular weight excluding hydrogens is 593 g/mol. The van der Waals surface area contributed by atoms with Crippen LogP contribution in [-0.2, 0) is 4.79 Å². The van der Waals surface area contributed by atoms with Gasteiger partial charge in [0.1, 0.15) is 11.5 Å². The van der Waals surface area contributed by atoms with Gasteiger partial charge in [0.2, 0.25) is 5.95 Å². The van der Waals surface area contributed by atoms with Gasteiger partial charge in [-0.15, -0.1) is 0 Å². The maximum atomic E-state index is 13.4. The number of pyridine rings is 2. The molecule has 4 heterocycles. The smallest absolute Gasteiger partial charge is 0.475 e. The molecule has 1 aliphatic heterocycles. The van der Waals surface area contributed by atoms with E-state index in [1.54, 1.807) is 17.7 Å². The number of fused-ring (bicyclic) bond motifs is 1. The molecule has 244 valence electrons. The average Bonchev–Trinajstić information content (AvgIpc) is 3.52. The van der Waals surface area contributed by atoms with Crippen LogP contribution in [0.1, 0.15) is 67.4 Å². The van der Waals surface area contributed by atoms with E-state index in [-0.39, 0.29) is 22.9 Å². The van der Waals surface area contributed by atoms with Crippen molar-refractivity contribution in [3.8, 4) is 0 Å². The van der Waals surface area contributed by atoms with Crippen molar-refractivity contribution in [1.29, 1.82) is 0 Å². The molecule has 0 amide bonds. The summed E-state index contributed by atoms with van der Waals surface area (Å²) in [6, 6.07) is 4.05. The monoisotopic (exact) mass is 632 g/mol. The van der Waals surface area contributed by atoms with E-state index in [9.17, 15) is 22.8 Å². The van der Waals surface area contributed by atoms with Crippen LogP contribution in [0.25, 0.3) is 11.0 Å². The first-order valence-electron chi connectivity index (χ1n) is 15.0. The molecule has 0 unspecified atom stereocenters. The molecule has 12 nitrogen and oxygen atoms in total. The molecule has 1 aliphatic carbocycles. The standard InChI is InChI=1S/C28H38N8O2.C2HF3O2/c1-19-23-18-31-28(33-26(23)36(21-7-3-4-8-21)27(38)25(19)20(2)37)32-24-10-9-22(17-30-24)35-15-13-34(14-16-35)12-6-5-11-29;3-2(4,5)1(6)7/h9-10,17-18,21H,3-8,11-16,29H2,1-2H3,(H,30,31,32,33);(H,6,7). The van der Waals surface area contributed by atoms with Crippen molar-refractivity contribution in [1.82, 2.24) is 24.4 Å². The maximum absolute atomic E-state index is 13.4. The van der Waals surface area contributed by atoms with Gasteiger partial charge >= 0.3 is 12.1 Å². The Morgan fingerprint density at radius 2 is 1.73 bits per heavy atom.